The van der Waals surface area contributed by atoms with Gasteiger partial charge in [-0.2, -0.15) is 4.58 Å². The van der Waals surface area contributed by atoms with Crippen molar-refractivity contribution in [3.63, 3.8) is 0 Å². The molecule has 0 saturated heterocycles. The molecule has 0 fully saturated rings. The lowest BCUT2D eigenvalue weighted by Crippen LogP contribution is -2.12. The molecule has 0 aliphatic rings. The van der Waals surface area contributed by atoms with Crippen LogP contribution in [0.1, 0.15) is 12.5 Å². The van der Waals surface area contributed by atoms with Crippen LogP contribution in [0.4, 0.5) is 17.1 Å². The van der Waals surface area contributed by atoms with Crippen LogP contribution in [0.15, 0.2) is 35.3 Å². The molecule has 9 heteroatoms. The van der Waals surface area contributed by atoms with Crippen LogP contribution in [-0.2, 0) is 4.79 Å². The average molecular weight is 414 g/mol. The zero-order valence-corrected chi connectivity index (χ0v) is 16.0. The number of carbonyl (C=O) groups is 1. The fourth-order valence-electron chi connectivity index (χ4n) is 2.30. The Labute approximate surface area is 164 Å². The SMILES string of the molecule is CC(c1cc(Cl)ccc1Cl)=[N+](C)c1cc(Cl)c([N+](=O)[O-])cc1N=CC=O. The van der Waals surface area contributed by atoms with Gasteiger partial charge in [-0.05, 0) is 18.2 Å². The van der Waals surface area contributed by atoms with Gasteiger partial charge in [-0.15, -0.1) is 0 Å². The van der Waals surface area contributed by atoms with Crippen LogP contribution in [0.5, 0.6) is 0 Å². The van der Waals surface area contributed by atoms with Gasteiger partial charge >= 0.3 is 0 Å². The molecule has 134 valence electrons. The lowest BCUT2D eigenvalue weighted by atomic mass is 10.1. The van der Waals surface area contributed by atoms with Crippen molar-refractivity contribution in [1.82, 2.24) is 0 Å². The summed E-state index contributed by atoms with van der Waals surface area (Å²) >= 11 is 18.3. The van der Waals surface area contributed by atoms with E-state index in [1.807, 2.05) is 0 Å². The molecule has 0 aromatic heterocycles. The summed E-state index contributed by atoms with van der Waals surface area (Å²) in [6.45, 7) is 1.81. The number of rotatable bonds is 5. The van der Waals surface area contributed by atoms with E-state index in [1.165, 1.54) is 12.1 Å². The Morgan fingerprint density at radius 1 is 1.12 bits per heavy atom. The summed E-state index contributed by atoms with van der Waals surface area (Å²) in [4.78, 5) is 25.1. The molecule has 0 amide bonds. The summed E-state index contributed by atoms with van der Waals surface area (Å²) < 4.78 is 1.71. The first-order valence-corrected chi connectivity index (χ1v) is 8.38. The maximum Gasteiger partial charge on any atom is 0.290 e. The number of hydrogen-bond donors (Lipinski definition) is 0. The highest BCUT2D eigenvalue weighted by Crippen LogP contribution is 2.37. The molecule has 6 nitrogen and oxygen atoms in total. The first-order chi connectivity index (χ1) is 12.3. The summed E-state index contributed by atoms with van der Waals surface area (Å²) in [5.41, 5.74) is 1.77. The second-order valence-electron chi connectivity index (χ2n) is 5.23. The predicted molar refractivity (Wildman–Crippen MR) is 104 cm³/mol. The van der Waals surface area contributed by atoms with E-state index in [0.717, 1.165) is 6.21 Å². The van der Waals surface area contributed by atoms with Crippen molar-refractivity contribution >= 4 is 70.1 Å². The first-order valence-electron chi connectivity index (χ1n) is 7.24. The summed E-state index contributed by atoms with van der Waals surface area (Å²) in [6, 6.07) is 7.67. The Morgan fingerprint density at radius 2 is 1.81 bits per heavy atom. The van der Waals surface area contributed by atoms with Crippen LogP contribution in [0.3, 0.4) is 0 Å². The van der Waals surface area contributed by atoms with Gasteiger partial charge in [0.05, 0.1) is 27.8 Å². The highest BCUT2D eigenvalue weighted by molar-refractivity contribution is 6.36. The Kier molecular flexibility index (Phi) is 6.47. The molecule has 2 rings (SSSR count). The average Bonchev–Trinajstić information content (AvgIpc) is 2.60. The van der Waals surface area contributed by atoms with Crippen LogP contribution in [-0.4, -0.2) is 34.8 Å². The van der Waals surface area contributed by atoms with Gasteiger partial charge in [0.15, 0.2) is 12.0 Å². The summed E-state index contributed by atoms with van der Waals surface area (Å²) in [6.07, 6.45) is 1.49. The van der Waals surface area contributed by atoms with E-state index < -0.39 is 4.92 Å². The molecule has 0 heterocycles. The first kappa shape index (κ1) is 20.0. The van der Waals surface area contributed by atoms with E-state index in [2.05, 4.69) is 4.99 Å². The molecule has 0 radical (unpaired) electrons. The molecular formula is C17H13Cl3N3O3+. The predicted octanol–water partition coefficient (Wildman–Crippen LogP) is 5.24. The van der Waals surface area contributed by atoms with E-state index in [9.17, 15) is 14.9 Å². The topological polar surface area (TPSA) is 75.6 Å². The van der Waals surface area contributed by atoms with Crippen LogP contribution >= 0.6 is 34.8 Å². The Hall–Kier alpha value is -2.28. The van der Waals surface area contributed by atoms with Gasteiger partial charge in [0.1, 0.15) is 17.8 Å². The summed E-state index contributed by atoms with van der Waals surface area (Å²) in [7, 11) is 1.73. The minimum absolute atomic E-state index is 0.0492. The number of halogens is 3. The normalized spacial score (nSPS) is 12.2. The largest absolute Gasteiger partial charge is 0.297 e. The van der Waals surface area contributed by atoms with Crippen LogP contribution < -0.4 is 0 Å². The third-order valence-electron chi connectivity index (χ3n) is 3.70. The summed E-state index contributed by atoms with van der Waals surface area (Å²) in [5.74, 6) is 0. The van der Waals surface area contributed by atoms with Gasteiger partial charge in [-0.3, -0.25) is 14.9 Å². The molecule has 0 bridgehead atoms. The third-order valence-corrected chi connectivity index (χ3v) is 4.57. The molecule has 0 aliphatic carbocycles. The molecule has 0 saturated carbocycles. The number of aliphatic imine (C=N–C) groups is 1. The molecule has 0 aliphatic heterocycles. The molecular weight excluding hydrogens is 401 g/mol. The van der Waals surface area contributed by atoms with Crippen molar-refractivity contribution in [1.29, 1.82) is 0 Å². The molecule has 2 aromatic carbocycles. The quantitative estimate of drug-likeness (QED) is 0.221. The van der Waals surface area contributed by atoms with Gasteiger partial charge in [0, 0.05) is 18.0 Å². The monoisotopic (exact) mass is 412 g/mol. The molecule has 0 atom stereocenters. The number of nitro benzene ring substituents is 1. The summed E-state index contributed by atoms with van der Waals surface area (Å²) in [5, 5.41) is 12.1. The van der Waals surface area contributed by atoms with E-state index >= 15 is 0 Å². The number of benzene rings is 2. The molecule has 0 unspecified atom stereocenters. The van der Waals surface area contributed by atoms with Crippen molar-refractivity contribution < 1.29 is 14.3 Å². The van der Waals surface area contributed by atoms with E-state index in [1.54, 1.807) is 36.7 Å². The Balaban J connectivity index is 2.74. The Bertz CT molecular complexity index is 956. The highest BCUT2D eigenvalue weighted by Gasteiger charge is 2.24. The molecule has 26 heavy (non-hydrogen) atoms. The minimum Gasteiger partial charge on any atom is -0.297 e. The van der Waals surface area contributed by atoms with Gasteiger partial charge < -0.3 is 0 Å². The van der Waals surface area contributed by atoms with Crippen LogP contribution in [0.25, 0.3) is 0 Å². The third kappa shape index (κ3) is 4.27. The number of hydrogen-bond acceptors (Lipinski definition) is 4. The van der Waals surface area contributed by atoms with Crippen molar-refractivity contribution in [2.24, 2.45) is 4.99 Å². The molecule has 0 spiro atoms. The Morgan fingerprint density at radius 3 is 2.42 bits per heavy atom. The second-order valence-corrected chi connectivity index (χ2v) is 6.48. The number of aldehydes is 1. The van der Waals surface area contributed by atoms with Crippen molar-refractivity contribution in [3.8, 4) is 0 Å². The van der Waals surface area contributed by atoms with E-state index in [0.29, 0.717) is 33.3 Å². The fraction of sp³-hybridized carbons (Fsp3) is 0.118. The van der Waals surface area contributed by atoms with Gasteiger partial charge in [-0.1, -0.05) is 34.8 Å². The van der Waals surface area contributed by atoms with E-state index in [-0.39, 0.29) is 16.4 Å². The van der Waals surface area contributed by atoms with Crippen LogP contribution in [0.2, 0.25) is 15.1 Å². The van der Waals surface area contributed by atoms with Gasteiger partial charge in [-0.25, -0.2) is 4.99 Å². The number of nitrogens with zero attached hydrogens (tertiary/aromatic N) is 3. The standard InChI is InChI=1S/C17H13Cl3N3O3/c1-10(12-7-11(18)3-4-13(12)19)22(2)17-8-14(20)16(23(25)26)9-15(17)21-5-6-24/h3-9H,1-2H3/q+1. The van der Waals surface area contributed by atoms with Gasteiger partial charge in [0.25, 0.3) is 5.69 Å². The van der Waals surface area contributed by atoms with Crippen molar-refractivity contribution in [2.75, 3.05) is 7.05 Å². The zero-order valence-electron chi connectivity index (χ0n) is 13.7. The lowest BCUT2D eigenvalue weighted by molar-refractivity contribution is -0.404. The lowest BCUT2D eigenvalue weighted by Gasteiger charge is -2.08. The molecule has 2 aromatic rings. The maximum absolute atomic E-state index is 11.1. The number of carbonyl (C=O) groups excluding carboxylic acids is 1. The zero-order chi connectivity index (χ0) is 19.4. The van der Waals surface area contributed by atoms with Crippen LogP contribution in [0, 0.1) is 10.1 Å². The highest BCUT2D eigenvalue weighted by atomic mass is 35.5. The fourth-order valence-corrected chi connectivity index (χ4v) is 2.95. The molecule has 0 N–H and O–H groups in total. The minimum atomic E-state index is -0.615. The van der Waals surface area contributed by atoms with Crippen molar-refractivity contribution in [2.45, 2.75) is 6.92 Å². The number of nitro groups is 1. The second kappa shape index (κ2) is 8.40. The van der Waals surface area contributed by atoms with Gasteiger partial charge in [0.2, 0.25) is 5.69 Å². The smallest absolute Gasteiger partial charge is 0.290 e. The van der Waals surface area contributed by atoms with Crippen molar-refractivity contribution in [3.05, 3.63) is 61.1 Å². The van der Waals surface area contributed by atoms with E-state index in [4.69, 9.17) is 34.8 Å². The maximum atomic E-state index is 11.1.